The third-order valence-corrected chi connectivity index (χ3v) is 6.80. The van der Waals surface area contributed by atoms with E-state index in [1.54, 1.807) is 39.3 Å². The van der Waals surface area contributed by atoms with Crippen molar-refractivity contribution in [1.82, 2.24) is 9.88 Å². The van der Waals surface area contributed by atoms with Gasteiger partial charge in [0, 0.05) is 46.8 Å². The average Bonchev–Trinajstić information content (AvgIpc) is 3.26. The maximum atomic E-state index is 14.1. The molecule has 0 fully saturated rings. The third-order valence-electron chi connectivity index (χ3n) is 6.80. The number of fused-ring (bicyclic) bond motifs is 3. The Morgan fingerprint density at radius 2 is 1.75 bits per heavy atom. The standard InChI is InChI=1S/C29H28N2O5/c1-17-20(9-7-11-25(17)36-18(2)32)29(33)31-15-14-21-23-16-19(34-3)12-13-24(23)30-27(21)28(31)22-8-5-6-10-26(22)35-4/h5-13,16,28,30H,14-15H2,1-4H3. The number of methoxy groups -OCH3 is 2. The van der Waals surface area contributed by atoms with E-state index in [9.17, 15) is 9.59 Å². The number of nitrogens with one attached hydrogen (secondary N) is 1. The number of aromatic nitrogens is 1. The van der Waals surface area contributed by atoms with E-state index in [0.29, 0.717) is 35.6 Å². The molecule has 36 heavy (non-hydrogen) atoms. The molecule has 1 aliphatic heterocycles. The number of esters is 1. The van der Waals surface area contributed by atoms with Crippen LogP contribution in [-0.2, 0) is 11.2 Å². The highest BCUT2D eigenvalue weighted by Gasteiger charge is 2.37. The number of benzene rings is 3. The van der Waals surface area contributed by atoms with E-state index >= 15 is 0 Å². The summed E-state index contributed by atoms with van der Waals surface area (Å²) in [6.45, 7) is 3.66. The maximum Gasteiger partial charge on any atom is 0.308 e. The average molecular weight is 485 g/mol. The van der Waals surface area contributed by atoms with Gasteiger partial charge in [-0.3, -0.25) is 9.59 Å². The fourth-order valence-corrected chi connectivity index (χ4v) is 5.10. The van der Waals surface area contributed by atoms with E-state index in [1.807, 2.05) is 47.4 Å². The summed E-state index contributed by atoms with van der Waals surface area (Å²) in [4.78, 5) is 31.1. The zero-order valence-electron chi connectivity index (χ0n) is 20.8. The summed E-state index contributed by atoms with van der Waals surface area (Å²) in [5.74, 6) is 1.31. The molecule has 1 aromatic heterocycles. The molecule has 5 rings (SSSR count). The summed E-state index contributed by atoms with van der Waals surface area (Å²) in [6.07, 6.45) is 0.683. The van der Waals surface area contributed by atoms with Crippen molar-refractivity contribution in [2.75, 3.05) is 20.8 Å². The fourth-order valence-electron chi connectivity index (χ4n) is 5.10. The van der Waals surface area contributed by atoms with Crippen molar-refractivity contribution in [3.63, 3.8) is 0 Å². The number of rotatable bonds is 5. The zero-order chi connectivity index (χ0) is 25.4. The quantitative estimate of drug-likeness (QED) is 0.311. The minimum Gasteiger partial charge on any atom is -0.497 e. The highest BCUT2D eigenvalue weighted by Crippen LogP contribution is 2.43. The monoisotopic (exact) mass is 484 g/mol. The van der Waals surface area contributed by atoms with Crippen molar-refractivity contribution < 1.29 is 23.8 Å². The second-order valence-corrected chi connectivity index (χ2v) is 8.84. The predicted molar refractivity (Wildman–Crippen MR) is 137 cm³/mol. The van der Waals surface area contributed by atoms with Gasteiger partial charge in [-0.15, -0.1) is 0 Å². The minimum absolute atomic E-state index is 0.140. The second kappa shape index (κ2) is 9.41. The number of nitrogens with zero attached hydrogens (tertiary/aromatic N) is 1. The first-order chi connectivity index (χ1) is 17.4. The van der Waals surface area contributed by atoms with E-state index in [1.165, 1.54) is 6.92 Å². The van der Waals surface area contributed by atoms with Crippen LogP contribution in [0.1, 0.15) is 45.7 Å². The molecule has 7 nitrogen and oxygen atoms in total. The highest BCUT2D eigenvalue weighted by molar-refractivity contribution is 5.98. The van der Waals surface area contributed by atoms with E-state index < -0.39 is 12.0 Å². The van der Waals surface area contributed by atoms with Crippen molar-refractivity contribution in [2.24, 2.45) is 0 Å². The van der Waals surface area contributed by atoms with Crippen LogP contribution < -0.4 is 14.2 Å². The Hall–Kier alpha value is -4.26. The second-order valence-electron chi connectivity index (χ2n) is 8.84. The van der Waals surface area contributed by atoms with Gasteiger partial charge in [-0.2, -0.15) is 0 Å². The molecule has 1 N–H and O–H groups in total. The third kappa shape index (κ3) is 3.96. The van der Waals surface area contributed by atoms with Gasteiger partial charge in [-0.1, -0.05) is 24.3 Å². The molecule has 3 aromatic carbocycles. The Morgan fingerprint density at radius 3 is 2.50 bits per heavy atom. The summed E-state index contributed by atoms with van der Waals surface area (Å²) in [6, 6.07) is 18.5. The van der Waals surface area contributed by atoms with Crippen molar-refractivity contribution in [3.05, 3.63) is 88.6 Å². The van der Waals surface area contributed by atoms with Crippen LogP contribution in [-0.4, -0.2) is 42.5 Å². The summed E-state index contributed by atoms with van der Waals surface area (Å²) < 4.78 is 16.5. The molecule has 0 saturated carbocycles. The van der Waals surface area contributed by atoms with Crippen LogP contribution in [0.25, 0.3) is 10.9 Å². The highest BCUT2D eigenvalue weighted by atomic mass is 16.5. The van der Waals surface area contributed by atoms with Gasteiger partial charge in [0.1, 0.15) is 23.3 Å². The molecular weight excluding hydrogens is 456 g/mol. The number of aromatic amines is 1. The zero-order valence-corrected chi connectivity index (χ0v) is 20.8. The Labute approximate surface area is 209 Å². The van der Waals surface area contributed by atoms with Crippen LogP contribution in [0, 0.1) is 6.92 Å². The minimum atomic E-state index is -0.425. The molecule has 0 bridgehead atoms. The Morgan fingerprint density at radius 1 is 0.972 bits per heavy atom. The number of carbonyl (C=O) groups is 2. The van der Waals surface area contributed by atoms with E-state index in [4.69, 9.17) is 14.2 Å². The maximum absolute atomic E-state index is 14.1. The summed E-state index contributed by atoms with van der Waals surface area (Å²) in [5.41, 5.74) is 5.12. The first kappa shape index (κ1) is 23.5. The number of ether oxygens (including phenoxy) is 3. The smallest absolute Gasteiger partial charge is 0.308 e. The Kier molecular flexibility index (Phi) is 6.14. The molecular formula is C29H28N2O5. The summed E-state index contributed by atoms with van der Waals surface area (Å²) in [7, 11) is 3.29. The molecule has 184 valence electrons. The van der Waals surface area contributed by atoms with Crippen LogP contribution in [0.4, 0.5) is 0 Å². The molecule has 0 radical (unpaired) electrons. The van der Waals surface area contributed by atoms with Crippen molar-refractivity contribution in [2.45, 2.75) is 26.3 Å². The SMILES string of the molecule is COc1ccc2[nH]c3c(c2c1)CCN(C(=O)c1cccc(OC(C)=O)c1C)C3c1ccccc1OC. The van der Waals surface area contributed by atoms with Gasteiger partial charge in [-0.25, -0.2) is 0 Å². The number of amides is 1. The number of para-hydroxylation sites is 1. The molecule has 2 heterocycles. The molecule has 7 heteroatoms. The van der Waals surface area contributed by atoms with Crippen molar-refractivity contribution in [3.8, 4) is 17.2 Å². The van der Waals surface area contributed by atoms with Gasteiger partial charge in [0.25, 0.3) is 5.91 Å². The Bertz CT molecular complexity index is 1470. The largest absolute Gasteiger partial charge is 0.497 e. The molecule has 4 aromatic rings. The van der Waals surface area contributed by atoms with E-state index in [2.05, 4.69) is 4.98 Å². The molecule has 0 saturated heterocycles. The van der Waals surface area contributed by atoms with Gasteiger partial charge in [-0.05, 0) is 55.3 Å². The lowest BCUT2D eigenvalue weighted by Gasteiger charge is -2.37. The van der Waals surface area contributed by atoms with Gasteiger partial charge in [0.2, 0.25) is 0 Å². The number of hydrogen-bond acceptors (Lipinski definition) is 5. The van der Waals surface area contributed by atoms with Crippen molar-refractivity contribution in [1.29, 1.82) is 0 Å². The van der Waals surface area contributed by atoms with E-state index in [-0.39, 0.29) is 5.91 Å². The van der Waals surface area contributed by atoms with Gasteiger partial charge in [0.15, 0.2) is 0 Å². The molecule has 1 amide bonds. The fraction of sp³-hybridized carbons (Fsp3) is 0.241. The lowest BCUT2D eigenvalue weighted by atomic mass is 9.90. The number of hydrogen-bond donors (Lipinski definition) is 1. The molecule has 1 aliphatic rings. The van der Waals surface area contributed by atoms with Crippen molar-refractivity contribution >= 4 is 22.8 Å². The van der Waals surface area contributed by atoms with Crippen LogP contribution in [0.15, 0.2) is 60.7 Å². The molecule has 0 aliphatic carbocycles. The van der Waals surface area contributed by atoms with Gasteiger partial charge < -0.3 is 24.1 Å². The lowest BCUT2D eigenvalue weighted by molar-refractivity contribution is -0.131. The van der Waals surface area contributed by atoms with E-state index in [0.717, 1.165) is 33.5 Å². The van der Waals surface area contributed by atoms with Crippen LogP contribution >= 0.6 is 0 Å². The molecule has 0 spiro atoms. The normalized spacial score (nSPS) is 14.9. The first-order valence-corrected chi connectivity index (χ1v) is 11.8. The topological polar surface area (TPSA) is 80.9 Å². The predicted octanol–water partition coefficient (Wildman–Crippen LogP) is 5.21. The molecule has 1 atom stereocenters. The first-order valence-electron chi connectivity index (χ1n) is 11.8. The van der Waals surface area contributed by atoms with Crippen LogP contribution in [0.5, 0.6) is 17.2 Å². The van der Waals surface area contributed by atoms with Crippen LogP contribution in [0.3, 0.4) is 0 Å². The summed E-state index contributed by atoms with van der Waals surface area (Å²) in [5, 5.41) is 1.09. The lowest BCUT2D eigenvalue weighted by Crippen LogP contribution is -2.41. The van der Waals surface area contributed by atoms with Crippen LogP contribution in [0.2, 0.25) is 0 Å². The van der Waals surface area contributed by atoms with Gasteiger partial charge >= 0.3 is 5.97 Å². The Balaban J connectivity index is 1.67. The number of H-pyrrole nitrogens is 1. The van der Waals surface area contributed by atoms with Gasteiger partial charge in [0.05, 0.1) is 14.2 Å². The number of carbonyl (C=O) groups excluding carboxylic acids is 2. The summed E-state index contributed by atoms with van der Waals surface area (Å²) >= 11 is 0. The molecule has 1 unspecified atom stereocenters.